The van der Waals surface area contributed by atoms with Crippen LogP contribution in [0, 0.1) is 11.8 Å². The molecule has 9 nitrogen and oxygen atoms in total. The Hall–Kier alpha value is -2.85. The third kappa shape index (κ3) is 10.3. The van der Waals surface area contributed by atoms with Crippen LogP contribution in [0.1, 0.15) is 109 Å². The fraction of sp³-hybridized carbons (Fsp3) is 0.667. The van der Waals surface area contributed by atoms with Crippen LogP contribution >= 0.6 is 0 Å². The number of amides is 2. The zero-order valence-electron chi connectivity index (χ0n) is 28.3. The summed E-state index contributed by atoms with van der Waals surface area (Å²) >= 11 is 0. The first-order valence-electron chi connectivity index (χ1n) is 17.4. The summed E-state index contributed by atoms with van der Waals surface area (Å²) < 4.78 is 38.2. The van der Waals surface area contributed by atoms with Gasteiger partial charge in [-0.25, -0.2) is 8.42 Å². The lowest BCUT2D eigenvalue weighted by Crippen LogP contribution is -2.36. The van der Waals surface area contributed by atoms with E-state index in [2.05, 4.69) is 27.9 Å². The summed E-state index contributed by atoms with van der Waals surface area (Å²) in [6.07, 6.45) is 17.3. The molecule has 1 aromatic rings. The van der Waals surface area contributed by atoms with Crippen LogP contribution in [0.25, 0.3) is 0 Å². The van der Waals surface area contributed by atoms with Crippen molar-refractivity contribution in [1.29, 1.82) is 0 Å². The quantitative estimate of drug-likeness (QED) is 0.218. The van der Waals surface area contributed by atoms with Crippen LogP contribution in [0.3, 0.4) is 0 Å². The van der Waals surface area contributed by atoms with Gasteiger partial charge in [-0.2, -0.15) is 0 Å². The van der Waals surface area contributed by atoms with Crippen LogP contribution < -0.4 is 14.8 Å². The summed E-state index contributed by atoms with van der Waals surface area (Å²) in [4.78, 5) is 28.0. The standard InChI is InChI=1S/C36H55N3O6S/c1-26(2)46(42,43)38-35(40)20-17-29-16-18-31(44-4)23-30(29)24-39-22-10-14-33(39)34-19-15-27(3)32(25-45-34)36(41)37-21-9-8-13-28-11-6-5-7-12-28/h16,18-19,23,25-28,33H,5-15,17,20-22,24H2,1-4H3,(H,37,41)(H,38,40). The number of aryl methyl sites for hydroxylation is 1. The fourth-order valence-corrected chi connectivity index (χ4v) is 7.45. The molecular formula is C36H55N3O6S. The summed E-state index contributed by atoms with van der Waals surface area (Å²) in [5.41, 5.74) is 2.70. The molecule has 0 aromatic heterocycles. The summed E-state index contributed by atoms with van der Waals surface area (Å²) in [7, 11) is -2.04. The van der Waals surface area contributed by atoms with Gasteiger partial charge in [-0.05, 0) is 93.7 Å². The maximum atomic E-state index is 13.1. The first kappa shape index (κ1) is 36.0. The number of carbonyl (C=O) groups excluding carboxylic acids is 2. The molecule has 2 unspecified atom stereocenters. The highest BCUT2D eigenvalue weighted by molar-refractivity contribution is 7.90. The molecule has 2 atom stereocenters. The molecule has 4 rings (SSSR count). The molecule has 1 aromatic carbocycles. The molecule has 256 valence electrons. The van der Waals surface area contributed by atoms with E-state index in [0.717, 1.165) is 60.8 Å². The second kappa shape index (κ2) is 17.3. The van der Waals surface area contributed by atoms with Crippen molar-refractivity contribution in [3.05, 3.63) is 53.0 Å². The van der Waals surface area contributed by atoms with Crippen LogP contribution in [0.15, 0.2) is 41.9 Å². The van der Waals surface area contributed by atoms with Crippen LogP contribution in [0.2, 0.25) is 0 Å². The number of sulfonamides is 1. The molecule has 0 radical (unpaired) electrons. The van der Waals surface area contributed by atoms with Gasteiger partial charge in [-0.3, -0.25) is 19.2 Å². The van der Waals surface area contributed by atoms with Crippen molar-refractivity contribution in [3.63, 3.8) is 0 Å². The van der Waals surface area contributed by atoms with E-state index in [1.807, 2.05) is 18.2 Å². The number of unbranched alkanes of at least 4 members (excludes halogenated alkanes) is 1. The highest BCUT2D eigenvalue weighted by Crippen LogP contribution is 2.32. The Balaban J connectivity index is 1.34. The normalized spacial score (nSPS) is 21.2. The van der Waals surface area contributed by atoms with Crippen molar-refractivity contribution in [3.8, 4) is 5.75 Å². The number of nitrogens with zero attached hydrogens (tertiary/aromatic N) is 1. The highest BCUT2D eigenvalue weighted by atomic mass is 32.2. The van der Waals surface area contributed by atoms with Crippen LogP contribution in [0.4, 0.5) is 0 Å². The Bertz CT molecular complexity index is 1350. The number of nitrogens with one attached hydrogen (secondary N) is 2. The van der Waals surface area contributed by atoms with Gasteiger partial charge in [0.05, 0.1) is 30.2 Å². The van der Waals surface area contributed by atoms with E-state index < -0.39 is 21.2 Å². The minimum atomic E-state index is -3.67. The predicted molar refractivity (Wildman–Crippen MR) is 181 cm³/mol. The molecule has 1 saturated heterocycles. The lowest BCUT2D eigenvalue weighted by molar-refractivity contribution is -0.119. The molecule has 1 aliphatic carbocycles. The Morgan fingerprint density at radius 3 is 2.59 bits per heavy atom. The van der Waals surface area contributed by atoms with Gasteiger partial charge >= 0.3 is 0 Å². The van der Waals surface area contributed by atoms with Crippen LogP contribution in [-0.4, -0.2) is 56.6 Å². The van der Waals surface area contributed by atoms with Crippen molar-refractivity contribution in [1.82, 2.24) is 14.9 Å². The molecule has 10 heteroatoms. The van der Waals surface area contributed by atoms with Gasteiger partial charge in [0.2, 0.25) is 15.9 Å². The number of ether oxygens (including phenoxy) is 2. The van der Waals surface area contributed by atoms with Crippen molar-refractivity contribution in [2.75, 3.05) is 20.2 Å². The largest absolute Gasteiger partial charge is 0.497 e. The summed E-state index contributed by atoms with van der Waals surface area (Å²) in [5, 5.41) is 2.46. The molecule has 2 amide bonds. The Morgan fingerprint density at radius 1 is 1.07 bits per heavy atom. The van der Waals surface area contributed by atoms with Crippen molar-refractivity contribution in [2.45, 2.75) is 122 Å². The number of carbonyl (C=O) groups is 2. The third-order valence-corrected chi connectivity index (χ3v) is 11.6. The monoisotopic (exact) mass is 657 g/mol. The maximum Gasteiger partial charge on any atom is 0.250 e. The second-order valence-corrected chi connectivity index (χ2v) is 15.8. The van der Waals surface area contributed by atoms with E-state index in [1.165, 1.54) is 44.9 Å². The average molecular weight is 658 g/mol. The number of hydrogen-bond acceptors (Lipinski definition) is 7. The second-order valence-electron chi connectivity index (χ2n) is 13.6. The molecule has 2 aliphatic heterocycles. The zero-order chi connectivity index (χ0) is 33.1. The van der Waals surface area contributed by atoms with E-state index in [1.54, 1.807) is 27.2 Å². The van der Waals surface area contributed by atoms with Crippen molar-refractivity contribution >= 4 is 21.8 Å². The van der Waals surface area contributed by atoms with E-state index >= 15 is 0 Å². The fourth-order valence-electron chi connectivity index (χ4n) is 6.80. The van der Waals surface area contributed by atoms with Crippen LogP contribution in [0.5, 0.6) is 5.75 Å². The zero-order valence-corrected chi connectivity index (χ0v) is 29.1. The SMILES string of the molecule is COc1ccc(CCC(=O)NS(=O)(=O)C(C)C)c(CN2CCCC2C2=CCC(C)C(C(=O)NCCCCC3CCCCC3)=CO2)c1. The number of rotatable bonds is 15. The molecular weight excluding hydrogens is 602 g/mol. The Morgan fingerprint density at radius 2 is 1.85 bits per heavy atom. The minimum Gasteiger partial charge on any atom is -0.497 e. The van der Waals surface area contributed by atoms with Crippen molar-refractivity contribution in [2.24, 2.45) is 11.8 Å². The molecule has 2 fully saturated rings. The van der Waals surface area contributed by atoms with Gasteiger partial charge in [-0.1, -0.05) is 57.9 Å². The molecule has 3 aliphatic rings. The topological polar surface area (TPSA) is 114 Å². The first-order valence-corrected chi connectivity index (χ1v) is 18.9. The molecule has 46 heavy (non-hydrogen) atoms. The average Bonchev–Trinajstić information content (AvgIpc) is 3.40. The first-order chi connectivity index (χ1) is 22.1. The number of methoxy groups -OCH3 is 1. The molecule has 1 saturated carbocycles. The minimum absolute atomic E-state index is 0.0330. The lowest BCUT2D eigenvalue weighted by atomic mass is 9.86. The van der Waals surface area contributed by atoms with Gasteiger partial charge in [0.15, 0.2) is 0 Å². The number of likely N-dealkylation sites (tertiary alicyclic amines) is 1. The highest BCUT2D eigenvalue weighted by Gasteiger charge is 2.31. The van der Waals surface area contributed by atoms with Gasteiger partial charge in [-0.15, -0.1) is 0 Å². The van der Waals surface area contributed by atoms with Crippen molar-refractivity contribution < 1.29 is 27.5 Å². The number of benzene rings is 1. The van der Waals surface area contributed by atoms with E-state index in [0.29, 0.717) is 25.1 Å². The Kier molecular flexibility index (Phi) is 13.6. The molecule has 2 heterocycles. The van der Waals surface area contributed by atoms with Gasteiger partial charge in [0.1, 0.15) is 11.5 Å². The summed E-state index contributed by atoms with van der Waals surface area (Å²) in [5.74, 6) is 2.00. The third-order valence-electron chi connectivity index (χ3n) is 9.81. The Labute approximate surface area is 276 Å². The predicted octanol–water partition coefficient (Wildman–Crippen LogP) is 6.14. The van der Waals surface area contributed by atoms with E-state index in [4.69, 9.17) is 9.47 Å². The van der Waals surface area contributed by atoms with Gasteiger partial charge < -0.3 is 14.8 Å². The summed E-state index contributed by atoms with van der Waals surface area (Å²) in [6.45, 7) is 7.39. The molecule has 2 N–H and O–H groups in total. The number of hydrogen-bond donors (Lipinski definition) is 2. The molecule has 0 bridgehead atoms. The van der Waals surface area contributed by atoms with E-state index in [-0.39, 0.29) is 24.3 Å². The number of allylic oxidation sites excluding steroid dienone is 1. The van der Waals surface area contributed by atoms with Crippen LogP contribution in [-0.2, 0) is 37.3 Å². The molecule has 0 spiro atoms. The van der Waals surface area contributed by atoms with E-state index in [9.17, 15) is 18.0 Å². The van der Waals surface area contributed by atoms with Gasteiger partial charge in [0.25, 0.3) is 5.91 Å². The summed E-state index contributed by atoms with van der Waals surface area (Å²) in [6, 6.07) is 5.89. The lowest BCUT2D eigenvalue weighted by Gasteiger charge is -2.27. The smallest absolute Gasteiger partial charge is 0.250 e. The van der Waals surface area contributed by atoms with Gasteiger partial charge in [0, 0.05) is 19.5 Å². The maximum absolute atomic E-state index is 13.1.